The van der Waals surface area contributed by atoms with Crippen molar-refractivity contribution in [2.75, 3.05) is 12.4 Å². The summed E-state index contributed by atoms with van der Waals surface area (Å²) in [6.45, 7) is 2.09. The number of nitro benzene ring substituents is 1. The van der Waals surface area contributed by atoms with Crippen LogP contribution >= 0.6 is 11.6 Å². The van der Waals surface area contributed by atoms with Gasteiger partial charge < -0.3 is 5.32 Å². The third kappa shape index (κ3) is 3.71. The van der Waals surface area contributed by atoms with E-state index >= 15 is 0 Å². The molecule has 0 atom stereocenters. The van der Waals surface area contributed by atoms with Gasteiger partial charge in [0.05, 0.1) is 4.92 Å². The van der Waals surface area contributed by atoms with Gasteiger partial charge in [0.25, 0.3) is 11.6 Å². The van der Waals surface area contributed by atoms with Crippen LogP contribution in [0.15, 0.2) is 18.2 Å². The van der Waals surface area contributed by atoms with Crippen LogP contribution in [0.3, 0.4) is 0 Å². The van der Waals surface area contributed by atoms with Gasteiger partial charge in [0.1, 0.15) is 0 Å². The Morgan fingerprint density at radius 3 is 2.82 bits per heavy atom. The van der Waals surface area contributed by atoms with E-state index in [0.29, 0.717) is 24.4 Å². The fraction of sp³-hybridized carbons (Fsp3) is 0.364. The molecule has 0 aliphatic heterocycles. The zero-order valence-electron chi connectivity index (χ0n) is 9.40. The summed E-state index contributed by atoms with van der Waals surface area (Å²) >= 11 is 5.48. The van der Waals surface area contributed by atoms with Gasteiger partial charge in [-0.15, -0.1) is 11.6 Å². The van der Waals surface area contributed by atoms with E-state index in [-0.39, 0.29) is 17.2 Å². The second-order valence-corrected chi connectivity index (χ2v) is 3.93. The standard InChI is InChI=1S/C11H13ClN2O3/c1-8-3-4-9(7-10(8)14(16)17)11(15)13-6-2-5-12/h3-4,7H,2,5-6H2,1H3,(H,13,15). The zero-order valence-corrected chi connectivity index (χ0v) is 10.2. The van der Waals surface area contributed by atoms with Crippen LogP contribution in [0.2, 0.25) is 0 Å². The molecule has 0 aliphatic carbocycles. The van der Waals surface area contributed by atoms with Gasteiger partial charge in [-0.1, -0.05) is 6.07 Å². The molecule has 1 aromatic carbocycles. The van der Waals surface area contributed by atoms with Gasteiger partial charge in [-0.25, -0.2) is 0 Å². The molecule has 1 rings (SSSR count). The van der Waals surface area contributed by atoms with Crippen LogP contribution in [0.1, 0.15) is 22.3 Å². The molecule has 0 unspecified atom stereocenters. The Balaban J connectivity index is 2.81. The highest BCUT2D eigenvalue weighted by Gasteiger charge is 2.14. The van der Waals surface area contributed by atoms with Crippen molar-refractivity contribution >= 4 is 23.2 Å². The normalized spacial score (nSPS) is 10.0. The summed E-state index contributed by atoms with van der Waals surface area (Å²) in [5, 5.41) is 13.4. The maximum absolute atomic E-state index is 11.6. The summed E-state index contributed by atoms with van der Waals surface area (Å²) in [6.07, 6.45) is 0.668. The lowest BCUT2D eigenvalue weighted by Crippen LogP contribution is -2.24. The summed E-state index contributed by atoms with van der Waals surface area (Å²) in [4.78, 5) is 21.8. The highest BCUT2D eigenvalue weighted by Crippen LogP contribution is 2.19. The molecular weight excluding hydrogens is 244 g/mol. The molecule has 1 amide bonds. The average Bonchev–Trinajstić information content (AvgIpc) is 2.29. The van der Waals surface area contributed by atoms with Gasteiger partial charge in [-0.05, 0) is 19.4 Å². The molecule has 0 saturated heterocycles. The number of hydrogen-bond acceptors (Lipinski definition) is 3. The first-order chi connectivity index (χ1) is 8.06. The molecule has 0 aromatic heterocycles. The SMILES string of the molecule is Cc1ccc(C(=O)NCCCCl)cc1[N+](=O)[O-]. The van der Waals surface area contributed by atoms with Crippen LogP contribution in [0.5, 0.6) is 0 Å². The van der Waals surface area contributed by atoms with Crippen molar-refractivity contribution in [3.8, 4) is 0 Å². The van der Waals surface area contributed by atoms with Gasteiger partial charge in [0, 0.05) is 29.6 Å². The van der Waals surface area contributed by atoms with Crippen LogP contribution in [-0.4, -0.2) is 23.3 Å². The van der Waals surface area contributed by atoms with Crippen LogP contribution < -0.4 is 5.32 Å². The van der Waals surface area contributed by atoms with Crippen molar-refractivity contribution in [3.05, 3.63) is 39.4 Å². The van der Waals surface area contributed by atoms with Crippen molar-refractivity contribution in [2.45, 2.75) is 13.3 Å². The lowest BCUT2D eigenvalue weighted by molar-refractivity contribution is -0.385. The second kappa shape index (κ2) is 6.20. The summed E-state index contributed by atoms with van der Waals surface area (Å²) in [6, 6.07) is 4.42. The van der Waals surface area contributed by atoms with Crippen LogP contribution in [-0.2, 0) is 0 Å². The molecular formula is C11H13ClN2O3. The summed E-state index contributed by atoms with van der Waals surface area (Å²) in [7, 11) is 0. The number of rotatable bonds is 5. The van der Waals surface area contributed by atoms with Crippen molar-refractivity contribution < 1.29 is 9.72 Å². The summed E-state index contributed by atoms with van der Waals surface area (Å²) in [5.74, 6) is 0.145. The highest BCUT2D eigenvalue weighted by atomic mass is 35.5. The second-order valence-electron chi connectivity index (χ2n) is 3.56. The fourth-order valence-corrected chi connectivity index (χ4v) is 1.45. The Morgan fingerprint density at radius 1 is 1.53 bits per heavy atom. The van der Waals surface area contributed by atoms with Gasteiger partial charge in [-0.2, -0.15) is 0 Å². The fourth-order valence-electron chi connectivity index (χ4n) is 1.32. The largest absolute Gasteiger partial charge is 0.352 e. The van der Waals surface area contributed by atoms with Gasteiger partial charge in [0.15, 0.2) is 0 Å². The first-order valence-electron chi connectivity index (χ1n) is 5.15. The number of nitrogens with one attached hydrogen (secondary N) is 1. The molecule has 0 radical (unpaired) electrons. The average molecular weight is 257 g/mol. The number of nitrogens with zero attached hydrogens (tertiary/aromatic N) is 1. The Bertz CT molecular complexity index is 435. The number of benzene rings is 1. The number of aryl methyl sites for hydroxylation is 1. The van der Waals surface area contributed by atoms with E-state index in [2.05, 4.69) is 5.32 Å². The van der Waals surface area contributed by atoms with Crippen molar-refractivity contribution in [1.29, 1.82) is 0 Å². The smallest absolute Gasteiger partial charge is 0.273 e. The lowest BCUT2D eigenvalue weighted by Gasteiger charge is -2.04. The van der Waals surface area contributed by atoms with Crippen LogP contribution in [0.25, 0.3) is 0 Å². The molecule has 0 bridgehead atoms. The predicted molar refractivity (Wildman–Crippen MR) is 65.5 cm³/mol. The van der Waals surface area contributed by atoms with Crippen molar-refractivity contribution in [1.82, 2.24) is 5.32 Å². The molecule has 5 nitrogen and oxygen atoms in total. The number of alkyl halides is 1. The molecule has 92 valence electrons. The Hall–Kier alpha value is -1.62. The minimum atomic E-state index is -0.495. The third-order valence-electron chi connectivity index (χ3n) is 2.26. The number of carbonyl (C=O) groups excluding carboxylic acids is 1. The van der Waals surface area contributed by atoms with Gasteiger partial charge in [0.2, 0.25) is 0 Å². The van der Waals surface area contributed by atoms with Crippen LogP contribution in [0.4, 0.5) is 5.69 Å². The van der Waals surface area contributed by atoms with E-state index in [0.717, 1.165) is 0 Å². The molecule has 6 heteroatoms. The molecule has 1 N–H and O–H groups in total. The Labute approximate surface area is 104 Å². The van der Waals surface area contributed by atoms with E-state index in [1.807, 2.05) is 0 Å². The topological polar surface area (TPSA) is 72.2 Å². The predicted octanol–water partition coefficient (Wildman–Crippen LogP) is 2.26. The van der Waals surface area contributed by atoms with Crippen LogP contribution in [0, 0.1) is 17.0 Å². The lowest BCUT2D eigenvalue weighted by atomic mass is 10.1. The zero-order chi connectivity index (χ0) is 12.8. The Kier molecular flexibility index (Phi) is 4.90. The van der Waals surface area contributed by atoms with E-state index < -0.39 is 4.92 Å². The Morgan fingerprint density at radius 2 is 2.24 bits per heavy atom. The number of amides is 1. The van der Waals surface area contributed by atoms with Crippen molar-refractivity contribution in [3.63, 3.8) is 0 Å². The van der Waals surface area contributed by atoms with Gasteiger partial charge >= 0.3 is 0 Å². The maximum atomic E-state index is 11.6. The number of carbonyl (C=O) groups is 1. The third-order valence-corrected chi connectivity index (χ3v) is 2.53. The van der Waals surface area contributed by atoms with E-state index in [1.54, 1.807) is 19.1 Å². The molecule has 0 fully saturated rings. The summed E-state index contributed by atoms with van der Waals surface area (Å²) in [5.41, 5.74) is 0.777. The molecule has 1 aromatic rings. The van der Waals surface area contributed by atoms with E-state index in [4.69, 9.17) is 11.6 Å². The number of halogens is 1. The summed E-state index contributed by atoms with van der Waals surface area (Å²) < 4.78 is 0. The monoisotopic (exact) mass is 256 g/mol. The quantitative estimate of drug-likeness (QED) is 0.380. The highest BCUT2D eigenvalue weighted by molar-refractivity contribution is 6.17. The molecule has 17 heavy (non-hydrogen) atoms. The molecule has 0 aliphatic rings. The first kappa shape index (κ1) is 13.4. The van der Waals surface area contributed by atoms with E-state index in [9.17, 15) is 14.9 Å². The van der Waals surface area contributed by atoms with E-state index in [1.165, 1.54) is 6.07 Å². The maximum Gasteiger partial charge on any atom is 0.273 e. The number of nitro groups is 1. The molecule has 0 spiro atoms. The molecule has 0 saturated carbocycles. The number of hydrogen-bond donors (Lipinski definition) is 1. The van der Waals surface area contributed by atoms with Crippen molar-refractivity contribution in [2.24, 2.45) is 0 Å². The first-order valence-corrected chi connectivity index (χ1v) is 5.69. The van der Waals surface area contributed by atoms with Gasteiger partial charge in [-0.3, -0.25) is 14.9 Å². The molecule has 0 heterocycles. The minimum Gasteiger partial charge on any atom is -0.352 e. The minimum absolute atomic E-state index is 0.0463.